The average molecular weight is 466 g/mol. The van der Waals surface area contributed by atoms with Crippen molar-refractivity contribution in [1.82, 2.24) is 9.80 Å². The van der Waals surface area contributed by atoms with Gasteiger partial charge < -0.3 is 25.2 Å². The summed E-state index contributed by atoms with van der Waals surface area (Å²) in [6.45, 7) is 12.0. The van der Waals surface area contributed by atoms with Gasteiger partial charge in [-0.15, -0.1) is 6.58 Å². The fraction of sp³-hybridized carbons (Fsp3) is 0.538. The number of nitrogens with zero attached hydrogens (tertiary/aromatic N) is 2. The van der Waals surface area contributed by atoms with Crippen LogP contribution in [0.2, 0.25) is 0 Å². The lowest BCUT2D eigenvalue weighted by molar-refractivity contribution is -0.201. The zero-order chi connectivity index (χ0) is 24.5. The molecule has 0 radical (unpaired) electrons. The first-order valence-corrected chi connectivity index (χ1v) is 11.9. The predicted molar refractivity (Wildman–Crippen MR) is 126 cm³/mol. The molecule has 8 nitrogen and oxygen atoms in total. The van der Waals surface area contributed by atoms with Gasteiger partial charge in [-0.1, -0.05) is 26.0 Å². The second-order valence-electron chi connectivity index (χ2n) is 11.4. The standard InChI is InChI=1S/C26H31N3O5/c1-6-22(2,3)26-24(32,14-17-20(30)28-13-7-11-25(28,33)21(31)29(17)26)16-8-9-18-15(19(16)27-26)10-12-23(4,5)34-18/h6,8-10,12,17,27,32-33H,1,7,11,13-14H2,2-5H3. The molecule has 5 aliphatic heterocycles. The molecule has 0 saturated carbocycles. The molecule has 4 atom stereocenters. The van der Waals surface area contributed by atoms with E-state index in [0.717, 1.165) is 5.56 Å². The first-order valence-electron chi connectivity index (χ1n) is 11.9. The lowest BCUT2D eigenvalue weighted by atomic mass is 9.68. The van der Waals surface area contributed by atoms with E-state index in [1.165, 1.54) is 9.80 Å². The van der Waals surface area contributed by atoms with E-state index < -0.39 is 40.0 Å². The number of aliphatic hydroxyl groups is 2. The fourth-order valence-corrected chi connectivity index (χ4v) is 6.87. The molecule has 5 heterocycles. The molecule has 0 aliphatic carbocycles. The van der Waals surface area contributed by atoms with Gasteiger partial charge in [0.15, 0.2) is 5.66 Å². The summed E-state index contributed by atoms with van der Waals surface area (Å²) in [5, 5.41) is 27.4. The summed E-state index contributed by atoms with van der Waals surface area (Å²) in [7, 11) is 0. The molecule has 2 amide bonds. The Kier molecular flexibility index (Phi) is 3.85. The van der Waals surface area contributed by atoms with Crippen LogP contribution in [0.25, 0.3) is 6.08 Å². The van der Waals surface area contributed by atoms with Crippen molar-refractivity contribution >= 4 is 23.6 Å². The Morgan fingerprint density at radius 3 is 2.71 bits per heavy atom. The maximum absolute atomic E-state index is 14.0. The number of benzene rings is 1. The van der Waals surface area contributed by atoms with Crippen molar-refractivity contribution < 1.29 is 24.5 Å². The van der Waals surface area contributed by atoms with Crippen LogP contribution in [0.1, 0.15) is 58.1 Å². The first kappa shape index (κ1) is 21.7. The van der Waals surface area contributed by atoms with Crippen LogP contribution in [0.15, 0.2) is 30.9 Å². The Balaban J connectivity index is 1.60. The highest BCUT2D eigenvalue weighted by atomic mass is 16.5. The smallest absolute Gasteiger partial charge is 0.278 e. The third-order valence-corrected chi connectivity index (χ3v) is 8.65. The molecular weight excluding hydrogens is 434 g/mol. The van der Waals surface area contributed by atoms with Crippen LogP contribution in [-0.4, -0.2) is 61.4 Å². The highest BCUT2D eigenvalue weighted by Crippen LogP contribution is 2.65. The number of nitrogens with one attached hydrogen (secondary N) is 1. The number of anilines is 1. The molecule has 0 aromatic heterocycles. The number of carbonyl (C=O) groups excluding carboxylic acids is 2. The Morgan fingerprint density at radius 1 is 1.26 bits per heavy atom. The second kappa shape index (κ2) is 6.04. The molecule has 3 fully saturated rings. The van der Waals surface area contributed by atoms with E-state index in [0.29, 0.717) is 30.0 Å². The molecule has 1 aromatic rings. The zero-order valence-corrected chi connectivity index (χ0v) is 20.0. The number of fused-ring (bicyclic) bond motifs is 8. The summed E-state index contributed by atoms with van der Waals surface area (Å²) < 4.78 is 6.15. The maximum atomic E-state index is 14.0. The summed E-state index contributed by atoms with van der Waals surface area (Å²) in [4.78, 5) is 30.3. The topological polar surface area (TPSA) is 102 Å². The van der Waals surface area contributed by atoms with Gasteiger partial charge in [-0.2, -0.15) is 0 Å². The van der Waals surface area contributed by atoms with Crippen LogP contribution in [0.4, 0.5) is 5.69 Å². The molecule has 3 saturated heterocycles. The average Bonchev–Trinajstić information content (AvgIpc) is 3.37. The van der Waals surface area contributed by atoms with Crippen LogP contribution in [0, 0.1) is 5.41 Å². The summed E-state index contributed by atoms with van der Waals surface area (Å²) >= 11 is 0. The Morgan fingerprint density at radius 2 is 2.00 bits per heavy atom. The number of amides is 2. The number of ether oxygens (including phenoxy) is 1. The first-order chi connectivity index (χ1) is 15.8. The van der Waals surface area contributed by atoms with E-state index in [-0.39, 0.29) is 18.7 Å². The van der Waals surface area contributed by atoms with Gasteiger partial charge in [0.2, 0.25) is 11.6 Å². The van der Waals surface area contributed by atoms with Crippen molar-refractivity contribution in [1.29, 1.82) is 0 Å². The third kappa shape index (κ3) is 2.17. The highest BCUT2D eigenvalue weighted by Gasteiger charge is 2.78. The largest absolute Gasteiger partial charge is 0.483 e. The van der Waals surface area contributed by atoms with Crippen molar-refractivity contribution in [2.24, 2.45) is 5.41 Å². The normalized spacial score (nSPS) is 36.8. The lowest BCUT2D eigenvalue weighted by Gasteiger charge is -2.55. The van der Waals surface area contributed by atoms with Crippen molar-refractivity contribution in [2.75, 3.05) is 11.9 Å². The highest BCUT2D eigenvalue weighted by molar-refractivity contribution is 6.02. The van der Waals surface area contributed by atoms with E-state index in [4.69, 9.17) is 4.74 Å². The fourth-order valence-electron chi connectivity index (χ4n) is 6.87. The van der Waals surface area contributed by atoms with E-state index in [1.807, 2.05) is 52.0 Å². The Labute approximate surface area is 198 Å². The molecule has 0 spiro atoms. The SMILES string of the molecule is C=CC(C)(C)C12Nc3c(ccc4c3C=CC(C)(C)O4)C1(O)CC1C(=O)N3CCCC3(O)C(=O)N12. The minimum atomic E-state index is -1.90. The number of hydrogen-bond acceptors (Lipinski definition) is 6. The summed E-state index contributed by atoms with van der Waals surface area (Å²) in [6, 6.07) is 2.76. The van der Waals surface area contributed by atoms with Gasteiger partial charge in [0.25, 0.3) is 5.91 Å². The summed E-state index contributed by atoms with van der Waals surface area (Å²) in [5.74, 6) is -0.206. The Hall–Kier alpha value is -2.84. The van der Waals surface area contributed by atoms with Crippen molar-refractivity contribution in [3.8, 4) is 5.75 Å². The molecule has 1 aromatic carbocycles. The third-order valence-electron chi connectivity index (χ3n) is 8.65. The minimum Gasteiger partial charge on any atom is -0.483 e. The van der Waals surface area contributed by atoms with Gasteiger partial charge in [0.1, 0.15) is 23.0 Å². The van der Waals surface area contributed by atoms with Gasteiger partial charge in [-0.25, -0.2) is 0 Å². The number of rotatable bonds is 2. The van der Waals surface area contributed by atoms with Gasteiger partial charge in [0, 0.05) is 35.9 Å². The Bertz CT molecular complexity index is 1210. The number of hydrogen-bond donors (Lipinski definition) is 3. The summed E-state index contributed by atoms with van der Waals surface area (Å²) in [5.41, 5.74) is -4.21. The number of carbonyl (C=O) groups is 2. The van der Waals surface area contributed by atoms with Crippen LogP contribution in [0.3, 0.4) is 0 Å². The molecule has 8 heteroatoms. The van der Waals surface area contributed by atoms with Crippen LogP contribution < -0.4 is 10.1 Å². The minimum absolute atomic E-state index is 0.0241. The van der Waals surface area contributed by atoms with E-state index in [2.05, 4.69) is 11.9 Å². The zero-order valence-electron chi connectivity index (χ0n) is 20.0. The lowest BCUT2D eigenvalue weighted by Crippen LogP contribution is -2.76. The molecule has 180 valence electrons. The predicted octanol–water partition coefficient (Wildman–Crippen LogP) is 2.32. The van der Waals surface area contributed by atoms with Gasteiger partial charge >= 0.3 is 0 Å². The van der Waals surface area contributed by atoms with Crippen molar-refractivity contribution in [2.45, 2.75) is 75.6 Å². The molecule has 3 N–H and O–H groups in total. The van der Waals surface area contributed by atoms with Crippen LogP contribution in [0.5, 0.6) is 5.75 Å². The van der Waals surface area contributed by atoms with Crippen molar-refractivity contribution in [3.63, 3.8) is 0 Å². The van der Waals surface area contributed by atoms with E-state index in [1.54, 1.807) is 6.08 Å². The molecule has 4 unspecified atom stereocenters. The molecule has 0 bridgehead atoms. The van der Waals surface area contributed by atoms with Crippen molar-refractivity contribution in [3.05, 3.63) is 42.0 Å². The molecule has 5 aliphatic rings. The monoisotopic (exact) mass is 465 g/mol. The van der Waals surface area contributed by atoms with E-state index >= 15 is 0 Å². The molecular formula is C26H31N3O5. The molecule has 34 heavy (non-hydrogen) atoms. The van der Waals surface area contributed by atoms with Gasteiger partial charge in [0.05, 0.1) is 5.69 Å². The van der Waals surface area contributed by atoms with Crippen LogP contribution in [-0.2, 0) is 15.2 Å². The van der Waals surface area contributed by atoms with E-state index in [9.17, 15) is 19.8 Å². The summed E-state index contributed by atoms with van der Waals surface area (Å²) in [6.07, 6.45) is 6.38. The van der Waals surface area contributed by atoms with Gasteiger partial charge in [-0.05, 0) is 38.5 Å². The quantitative estimate of drug-likeness (QED) is 0.580. The second-order valence-corrected chi connectivity index (χ2v) is 11.4. The molecule has 6 rings (SSSR count). The van der Waals surface area contributed by atoms with Gasteiger partial charge in [-0.3, -0.25) is 14.5 Å². The van der Waals surface area contributed by atoms with Crippen LogP contribution >= 0.6 is 0 Å². The maximum Gasteiger partial charge on any atom is 0.278 e. The number of piperazine rings is 1.